The van der Waals surface area contributed by atoms with E-state index in [0.29, 0.717) is 6.54 Å². The number of nitrogens with one attached hydrogen (secondary N) is 2. The number of hydrogen-bond donors (Lipinski definition) is 2. The van der Waals surface area contributed by atoms with Crippen molar-refractivity contribution >= 4 is 5.91 Å². The molecule has 0 unspecified atom stereocenters. The number of nitrogens with zero attached hydrogens (tertiary/aromatic N) is 1. The fourth-order valence-electron chi connectivity index (χ4n) is 2.12. The van der Waals surface area contributed by atoms with Gasteiger partial charge in [-0.2, -0.15) is 0 Å². The van der Waals surface area contributed by atoms with Crippen LogP contribution in [0.5, 0.6) is 0 Å². The average Bonchev–Trinajstić information content (AvgIpc) is 2.33. The Labute approximate surface area is 111 Å². The molecule has 1 saturated heterocycles. The van der Waals surface area contributed by atoms with Crippen molar-refractivity contribution in [3.8, 4) is 0 Å². The van der Waals surface area contributed by atoms with Crippen molar-refractivity contribution in [2.75, 3.05) is 32.7 Å². The predicted molar refractivity (Wildman–Crippen MR) is 75.7 cm³/mol. The maximum absolute atomic E-state index is 11.6. The third-order valence-corrected chi connectivity index (χ3v) is 3.20. The molecule has 4 nitrogen and oxygen atoms in total. The Hall–Kier alpha value is -0.610. The molecule has 0 saturated carbocycles. The quantitative estimate of drug-likeness (QED) is 0.705. The molecular weight excluding hydrogens is 226 g/mol. The summed E-state index contributed by atoms with van der Waals surface area (Å²) in [6.07, 6.45) is 5.11. The summed E-state index contributed by atoms with van der Waals surface area (Å²) in [5.41, 5.74) is 0.00510. The molecular formula is C14H29N3O. The zero-order valence-corrected chi connectivity index (χ0v) is 12.2. The fourth-order valence-corrected chi connectivity index (χ4v) is 2.12. The minimum atomic E-state index is 0.00510. The van der Waals surface area contributed by atoms with Crippen LogP contribution in [-0.4, -0.2) is 49.1 Å². The smallest absolute Gasteiger partial charge is 0.233 e. The Morgan fingerprint density at radius 2 is 1.83 bits per heavy atom. The summed E-state index contributed by atoms with van der Waals surface area (Å²) in [6.45, 7) is 11.0. The summed E-state index contributed by atoms with van der Waals surface area (Å²) < 4.78 is 0. The minimum absolute atomic E-state index is 0.00510. The molecule has 0 aliphatic carbocycles. The van der Waals surface area contributed by atoms with E-state index in [-0.39, 0.29) is 11.4 Å². The molecule has 0 atom stereocenters. The molecule has 4 heteroatoms. The lowest BCUT2D eigenvalue weighted by Gasteiger charge is -2.26. The molecule has 0 aromatic carbocycles. The second-order valence-corrected chi connectivity index (χ2v) is 6.21. The van der Waals surface area contributed by atoms with Gasteiger partial charge in [0.05, 0.1) is 6.54 Å². The Morgan fingerprint density at radius 1 is 1.17 bits per heavy atom. The monoisotopic (exact) mass is 255 g/mol. The molecule has 1 amide bonds. The van der Waals surface area contributed by atoms with Crippen LogP contribution in [0.1, 0.15) is 46.5 Å². The van der Waals surface area contributed by atoms with Crippen LogP contribution in [0.15, 0.2) is 0 Å². The van der Waals surface area contributed by atoms with Crippen LogP contribution in [0, 0.1) is 0 Å². The third kappa shape index (κ3) is 7.67. The Kier molecular flexibility index (Phi) is 6.65. The summed E-state index contributed by atoms with van der Waals surface area (Å²) in [6, 6.07) is 0. The first-order valence-corrected chi connectivity index (χ1v) is 7.21. The maximum Gasteiger partial charge on any atom is 0.233 e. The van der Waals surface area contributed by atoms with Gasteiger partial charge in [0.2, 0.25) is 5.91 Å². The molecule has 1 aliphatic heterocycles. The van der Waals surface area contributed by atoms with E-state index in [0.717, 1.165) is 19.5 Å². The molecule has 2 N–H and O–H groups in total. The predicted octanol–water partition coefficient (Wildman–Crippen LogP) is 1.37. The summed E-state index contributed by atoms with van der Waals surface area (Å²) in [5.74, 6) is 0.101. The van der Waals surface area contributed by atoms with E-state index in [1.165, 1.54) is 32.4 Å². The Morgan fingerprint density at radius 3 is 2.44 bits per heavy atom. The lowest BCUT2D eigenvalue weighted by atomic mass is 10.1. The number of carbonyl (C=O) groups excluding carboxylic acids is 1. The normalized spacial score (nSPS) is 17.7. The van der Waals surface area contributed by atoms with E-state index < -0.39 is 0 Å². The van der Waals surface area contributed by atoms with Crippen molar-refractivity contribution in [2.24, 2.45) is 0 Å². The molecule has 18 heavy (non-hydrogen) atoms. The van der Waals surface area contributed by atoms with Crippen LogP contribution >= 0.6 is 0 Å². The highest BCUT2D eigenvalue weighted by Gasteiger charge is 2.11. The van der Waals surface area contributed by atoms with Gasteiger partial charge in [-0.05, 0) is 59.7 Å². The maximum atomic E-state index is 11.6. The van der Waals surface area contributed by atoms with Crippen molar-refractivity contribution < 1.29 is 4.79 Å². The van der Waals surface area contributed by atoms with E-state index in [1.54, 1.807) is 0 Å². The molecule has 1 fully saturated rings. The van der Waals surface area contributed by atoms with E-state index in [4.69, 9.17) is 0 Å². The van der Waals surface area contributed by atoms with Crippen LogP contribution in [0.2, 0.25) is 0 Å². The zero-order valence-electron chi connectivity index (χ0n) is 12.2. The number of amides is 1. The Balaban J connectivity index is 1.98. The van der Waals surface area contributed by atoms with Crippen molar-refractivity contribution in [3.63, 3.8) is 0 Å². The van der Waals surface area contributed by atoms with Gasteiger partial charge >= 0.3 is 0 Å². The highest BCUT2D eigenvalue weighted by molar-refractivity contribution is 5.78. The van der Waals surface area contributed by atoms with Crippen molar-refractivity contribution in [3.05, 3.63) is 0 Å². The Bertz CT molecular complexity index is 242. The second kappa shape index (κ2) is 7.74. The summed E-state index contributed by atoms with van der Waals surface area (Å²) in [7, 11) is 0. The van der Waals surface area contributed by atoms with Crippen LogP contribution < -0.4 is 10.6 Å². The van der Waals surface area contributed by atoms with E-state index in [9.17, 15) is 4.79 Å². The largest absolute Gasteiger partial charge is 0.355 e. The SMILES string of the molecule is CC(C)(C)NCC(=O)NCCCN1CCCCC1. The molecule has 0 aromatic rings. The van der Waals surface area contributed by atoms with Crippen LogP contribution in [0.4, 0.5) is 0 Å². The lowest BCUT2D eigenvalue weighted by Crippen LogP contribution is -2.43. The van der Waals surface area contributed by atoms with Crippen molar-refractivity contribution in [1.29, 1.82) is 0 Å². The van der Waals surface area contributed by atoms with Crippen LogP contribution in [-0.2, 0) is 4.79 Å². The first-order chi connectivity index (χ1) is 8.47. The van der Waals surface area contributed by atoms with Crippen molar-refractivity contribution in [2.45, 2.75) is 52.0 Å². The molecule has 0 radical (unpaired) electrons. The number of hydrogen-bond acceptors (Lipinski definition) is 3. The molecule has 1 rings (SSSR count). The topological polar surface area (TPSA) is 44.4 Å². The second-order valence-electron chi connectivity index (χ2n) is 6.21. The molecule has 0 spiro atoms. The van der Waals surface area contributed by atoms with Gasteiger partial charge in [0.25, 0.3) is 0 Å². The number of likely N-dealkylation sites (tertiary alicyclic amines) is 1. The minimum Gasteiger partial charge on any atom is -0.355 e. The summed E-state index contributed by atoms with van der Waals surface area (Å²) in [4.78, 5) is 14.1. The molecule has 1 aliphatic rings. The highest BCUT2D eigenvalue weighted by atomic mass is 16.1. The van der Waals surface area contributed by atoms with Crippen LogP contribution in [0.3, 0.4) is 0 Å². The van der Waals surface area contributed by atoms with Gasteiger partial charge in [0, 0.05) is 12.1 Å². The van der Waals surface area contributed by atoms with Crippen molar-refractivity contribution in [1.82, 2.24) is 15.5 Å². The van der Waals surface area contributed by atoms with Gasteiger partial charge in [0.1, 0.15) is 0 Å². The molecule has 0 bridgehead atoms. The van der Waals surface area contributed by atoms with Gasteiger partial charge in [-0.15, -0.1) is 0 Å². The standard InChI is InChI=1S/C14H29N3O/c1-14(2,3)16-12-13(18)15-8-7-11-17-9-5-4-6-10-17/h16H,4-12H2,1-3H3,(H,15,18). The molecule has 0 aromatic heterocycles. The zero-order chi connectivity index (χ0) is 13.4. The van der Waals surface area contributed by atoms with Crippen LogP contribution in [0.25, 0.3) is 0 Å². The van der Waals surface area contributed by atoms with E-state index in [1.807, 2.05) is 0 Å². The van der Waals surface area contributed by atoms with Gasteiger partial charge in [-0.1, -0.05) is 6.42 Å². The summed E-state index contributed by atoms with van der Waals surface area (Å²) >= 11 is 0. The van der Waals surface area contributed by atoms with Gasteiger partial charge in [-0.25, -0.2) is 0 Å². The average molecular weight is 255 g/mol. The third-order valence-electron chi connectivity index (χ3n) is 3.20. The summed E-state index contributed by atoms with van der Waals surface area (Å²) in [5, 5.41) is 6.16. The number of rotatable bonds is 6. The molecule has 106 valence electrons. The van der Waals surface area contributed by atoms with Gasteiger partial charge < -0.3 is 15.5 Å². The number of piperidine rings is 1. The number of carbonyl (C=O) groups is 1. The first-order valence-electron chi connectivity index (χ1n) is 7.21. The van der Waals surface area contributed by atoms with E-state index in [2.05, 4.69) is 36.3 Å². The van der Waals surface area contributed by atoms with Gasteiger partial charge in [0.15, 0.2) is 0 Å². The first kappa shape index (κ1) is 15.4. The fraction of sp³-hybridized carbons (Fsp3) is 0.929. The van der Waals surface area contributed by atoms with E-state index >= 15 is 0 Å². The lowest BCUT2D eigenvalue weighted by molar-refractivity contribution is -0.120. The molecule has 1 heterocycles. The highest BCUT2D eigenvalue weighted by Crippen LogP contribution is 2.08. The van der Waals surface area contributed by atoms with Gasteiger partial charge in [-0.3, -0.25) is 4.79 Å².